The van der Waals surface area contributed by atoms with E-state index in [0.717, 1.165) is 6.42 Å². The molecule has 1 saturated heterocycles. The molecule has 4 nitrogen and oxygen atoms in total. The highest BCUT2D eigenvalue weighted by molar-refractivity contribution is 6.33. The molecule has 0 aromatic carbocycles. The Bertz CT molecular complexity index is 386. The smallest absolute Gasteiger partial charge is 0.251 e. The Labute approximate surface area is 103 Å². The topological polar surface area (TPSA) is 51.2 Å². The second kappa shape index (κ2) is 4.99. The molecule has 16 heavy (non-hydrogen) atoms. The molecule has 1 aromatic heterocycles. The van der Waals surface area contributed by atoms with E-state index in [0.29, 0.717) is 18.8 Å². The molecule has 0 saturated carbocycles. The summed E-state index contributed by atoms with van der Waals surface area (Å²) in [6.45, 7) is 1.24. The van der Waals surface area contributed by atoms with Crippen molar-refractivity contribution in [2.75, 3.05) is 13.2 Å². The number of nitrogens with zero attached hydrogens (tertiary/aromatic N) is 1. The van der Waals surface area contributed by atoms with Gasteiger partial charge in [0, 0.05) is 12.2 Å². The zero-order valence-corrected chi connectivity index (χ0v) is 9.88. The molecule has 1 aliphatic heterocycles. The lowest BCUT2D eigenvalue weighted by Gasteiger charge is -2.10. The highest BCUT2D eigenvalue weighted by Crippen LogP contribution is 2.15. The first kappa shape index (κ1) is 11.6. The Morgan fingerprint density at radius 3 is 2.69 bits per heavy atom. The van der Waals surface area contributed by atoms with Crippen LogP contribution in [-0.4, -0.2) is 30.1 Å². The summed E-state index contributed by atoms with van der Waals surface area (Å²) >= 11 is 11.4. The molecule has 6 heteroatoms. The molecule has 0 radical (unpaired) electrons. The lowest BCUT2D eigenvalue weighted by Crippen LogP contribution is -2.35. The van der Waals surface area contributed by atoms with E-state index in [1.807, 2.05) is 0 Å². The minimum absolute atomic E-state index is 0.0678. The number of nitrogens with one attached hydrogen (secondary N) is 1. The summed E-state index contributed by atoms with van der Waals surface area (Å²) in [4.78, 5) is 15.6. The van der Waals surface area contributed by atoms with Crippen LogP contribution < -0.4 is 5.32 Å². The molecule has 0 aliphatic carbocycles. The number of hydrogen-bond acceptors (Lipinski definition) is 3. The average molecular weight is 261 g/mol. The first-order chi connectivity index (χ1) is 7.65. The van der Waals surface area contributed by atoms with Gasteiger partial charge in [-0.05, 0) is 18.6 Å². The van der Waals surface area contributed by atoms with Crippen LogP contribution in [0, 0.1) is 0 Å². The lowest BCUT2D eigenvalue weighted by atomic mass is 10.2. The maximum absolute atomic E-state index is 11.8. The number of ether oxygens (including phenoxy) is 1. The second-order valence-electron chi connectivity index (χ2n) is 3.54. The van der Waals surface area contributed by atoms with E-state index in [4.69, 9.17) is 27.9 Å². The third kappa shape index (κ3) is 2.84. The number of rotatable bonds is 2. The van der Waals surface area contributed by atoms with Crippen LogP contribution in [0.3, 0.4) is 0 Å². The summed E-state index contributed by atoms with van der Waals surface area (Å²) in [5, 5.41) is 3.26. The van der Waals surface area contributed by atoms with Crippen LogP contribution in [-0.2, 0) is 4.74 Å². The first-order valence-electron chi connectivity index (χ1n) is 4.87. The van der Waals surface area contributed by atoms with Crippen molar-refractivity contribution in [1.82, 2.24) is 10.3 Å². The maximum Gasteiger partial charge on any atom is 0.251 e. The third-order valence-electron chi connectivity index (χ3n) is 2.29. The van der Waals surface area contributed by atoms with Crippen LogP contribution in [0.15, 0.2) is 12.1 Å². The van der Waals surface area contributed by atoms with Crippen molar-refractivity contribution in [1.29, 1.82) is 0 Å². The van der Waals surface area contributed by atoms with Gasteiger partial charge in [-0.25, -0.2) is 4.98 Å². The Morgan fingerprint density at radius 1 is 1.44 bits per heavy atom. The molecule has 0 bridgehead atoms. The Kier molecular flexibility index (Phi) is 3.63. The van der Waals surface area contributed by atoms with E-state index in [-0.39, 0.29) is 22.3 Å². The molecule has 1 amide bonds. The van der Waals surface area contributed by atoms with Crippen LogP contribution in [0.1, 0.15) is 16.8 Å². The third-order valence-corrected chi connectivity index (χ3v) is 2.68. The molecule has 1 fully saturated rings. The van der Waals surface area contributed by atoms with E-state index in [2.05, 4.69) is 10.3 Å². The molecule has 1 unspecified atom stereocenters. The molecule has 1 N–H and O–H groups in total. The first-order valence-corrected chi connectivity index (χ1v) is 5.62. The molecular weight excluding hydrogens is 251 g/mol. The number of amides is 1. The van der Waals surface area contributed by atoms with Crippen molar-refractivity contribution in [3.05, 3.63) is 28.0 Å². The normalized spacial score (nSPS) is 19.8. The molecular formula is C10H10Cl2N2O2. The largest absolute Gasteiger partial charge is 0.379 e. The summed E-state index contributed by atoms with van der Waals surface area (Å²) in [5.74, 6) is -0.207. The number of carbonyl (C=O) groups excluding carboxylic acids is 1. The summed E-state index contributed by atoms with van der Waals surface area (Å²) in [6, 6.07) is 3.04. The maximum atomic E-state index is 11.8. The van der Waals surface area contributed by atoms with Crippen LogP contribution in [0.4, 0.5) is 0 Å². The van der Waals surface area contributed by atoms with Gasteiger partial charge >= 0.3 is 0 Å². The van der Waals surface area contributed by atoms with Gasteiger partial charge in [0.25, 0.3) is 5.91 Å². The monoisotopic (exact) mass is 260 g/mol. The number of pyridine rings is 1. The SMILES string of the molecule is O=C(NC1CCOC1)c1cc(Cl)nc(Cl)c1. The second-order valence-corrected chi connectivity index (χ2v) is 4.31. The zero-order chi connectivity index (χ0) is 11.5. The molecule has 1 aromatic rings. The highest BCUT2D eigenvalue weighted by atomic mass is 35.5. The number of carbonyl (C=O) groups is 1. The van der Waals surface area contributed by atoms with E-state index in [1.165, 1.54) is 12.1 Å². The summed E-state index contributed by atoms with van der Waals surface area (Å²) in [6.07, 6.45) is 0.832. The van der Waals surface area contributed by atoms with Gasteiger partial charge in [-0.3, -0.25) is 4.79 Å². The van der Waals surface area contributed by atoms with Gasteiger partial charge in [0.15, 0.2) is 0 Å². The standard InChI is InChI=1S/C10H10Cl2N2O2/c11-8-3-6(4-9(12)14-8)10(15)13-7-1-2-16-5-7/h3-4,7H,1-2,5H2,(H,13,15). The predicted molar refractivity (Wildman–Crippen MR) is 60.9 cm³/mol. The fourth-order valence-corrected chi connectivity index (χ4v) is 1.97. The molecule has 2 heterocycles. The predicted octanol–water partition coefficient (Wildman–Crippen LogP) is 1.91. The minimum atomic E-state index is -0.207. The van der Waals surface area contributed by atoms with E-state index >= 15 is 0 Å². The van der Waals surface area contributed by atoms with Gasteiger partial charge in [0.2, 0.25) is 0 Å². The Balaban J connectivity index is 2.07. The summed E-state index contributed by atoms with van der Waals surface area (Å²) in [7, 11) is 0. The van der Waals surface area contributed by atoms with Crippen molar-refractivity contribution >= 4 is 29.1 Å². The van der Waals surface area contributed by atoms with E-state index in [9.17, 15) is 4.79 Å². The number of hydrogen-bond donors (Lipinski definition) is 1. The lowest BCUT2D eigenvalue weighted by molar-refractivity contribution is 0.0930. The Hall–Kier alpha value is -0.840. The van der Waals surface area contributed by atoms with Crippen molar-refractivity contribution in [2.24, 2.45) is 0 Å². The summed E-state index contributed by atoms with van der Waals surface area (Å²) < 4.78 is 5.16. The number of halogens is 2. The van der Waals surface area contributed by atoms with Gasteiger partial charge < -0.3 is 10.1 Å². The van der Waals surface area contributed by atoms with Gasteiger partial charge in [-0.2, -0.15) is 0 Å². The van der Waals surface area contributed by atoms with Crippen molar-refractivity contribution < 1.29 is 9.53 Å². The van der Waals surface area contributed by atoms with Crippen LogP contribution in [0.25, 0.3) is 0 Å². The van der Waals surface area contributed by atoms with Crippen LogP contribution in [0.5, 0.6) is 0 Å². The zero-order valence-electron chi connectivity index (χ0n) is 8.37. The molecule has 1 aliphatic rings. The molecule has 2 rings (SSSR count). The van der Waals surface area contributed by atoms with Crippen molar-refractivity contribution in [3.63, 3.8) is 0 Å². The molecule has 1 atom stereocenters. The highest BCUT2D eigenvalue weighted by Gasteiger charge is 2.19. The quantitative estimate of drug-likeness (QED) is 0.827. The fourth-order valence-electron chi connectivity index (χ4n) is 1.51. The van der Waals surface area contributed by atoms with Crippen molar-refractivity contribution in [3.8, 4) is 0 Å². The Morgan fingerprint density at radius 2 is 2.12 bits per heavy atom. The fraction of sp³-hybridized carbons (Fsp3) is 0.400. The molecule has 86 valence electrons. The van der Waals surface area contributed by atoms with E-state index in [1.54, 1.807) is 0 Å². The van der Waals surface area contributed by atoms with Gasteiger partial charge in [-0.1, -0.05) is 23.2 Å². The number of aromatic nitrogens is 1. The summed E-state index contributed by atoms with van der Waals surface area (Å²) in [5.41, 5.74) is 0.414. The molecule has 0 spiro atoms. The van der Waals surface area contributed by atoms with Gasteiger partial charge in [0.1, 0.15) is 10.3 Å². The van der Waals surface area contributed by atoms with Crippen LogP contribution >= 0.6 is 23.2 Å². The van der Waals surface area contributed by atoms with Gasteiger partial charge in [-0.15, -0.1) is 0 Å². The van der Waals surface area contributed by atoms with Crippen LogP contribution in [0.2, 0.25) is 10.3 Å². The van der Waals surface area contributed by atoms with Crippen molar-refractivity contribution in [2.45, 2.75) is 12.5 Å². The van der Waals surface area contributed by atoms with Gasteiger partial charge in [0.05, 0.1) is 12.6 Å². The minimum Gasteiger partial charge on any atom is -0.379 e. The van der Waals surface area contributed by atoms with E-state index < -0.39 is 0 Å². The average Bonchev–Trinajstić information content (AvgIpc) is 2.68.